The molecule has 0 saturated carbocycles. The zero-order valence-electron chi connectivity index (χ0n) is 16.9. The molecule has 154 valence electrons. The predicted molar refractivity (Wildman–Crippen MR) is 127 cm³/mol. The van der Waals surface area contributed by atoms with Crippen LogP contribution in [0.4, 0.5) is 0 Å². The van der Waals surface area contributed by atoms with Gasteiger partial charge in [-0.3, -0.25) is 4.99 Å². The number of ether oxygens (including phenoxy) is 1. The van der Waals surface area contributed by atoms with Crippen molar-refractivity contribution in [1.82, 2.24) is 15.6 Å². The molecule has 0 bridgehead atoms. The van der Waals surface area contributed by atoms with E-state index < -0.39 is 0 Å². The molecule has 0 aliphatic heterocycles. The van der Waals surface area contributed by atoms with Crippen molar-refractivity contribution in [1.29, 1.82) is 0 Å². The van der Waals surface area contributed by atoms with Crippen LogP contribution in [0, 0.1) is 6.92 Å². The summed E-state index contributed by atoms with van der Waals surface area (Å²) in [4.78, 5) is 8.82. The smallest absolute Gasteiger partial charge is 0.226 e. The van der Waals surface area contributed by atoms with Crippen LogP contribution in [0.5, 0.6) is 5.75 Å². The Bertz CT molecular complexity index is 923. The van der Waals surface area contributed by atoms with Crippen LogP contribution in [0.3, 0.4) is 0 Å². The Morgan fingerprint density at radius 2 is 1.93 bits per heavy atom. The number of methoxy groups -OCH3 is 1. The standard InChI is InChI=1S/C22H26N4O2.HI/c1-16-7-9-18(10-8-16)21-26-19(15-28-21)11-12-24-22(23-2)25-14-17-5-4-6-20(13-17)27-3;/h4-10,13,15H,11-12,14H2,1-3H3,(H2,23,24,25);1H. The van der Waals surface area contributed by atoms with Crippen LogP contribution >= 0.6 is 24.0 Å². The van der Waals surface area contributed by atoms with Crippen molar-refractivity contribution in [2.75, 3.05) is 20.7 Å². The highest BCUT2D eigenvalue weighted by atomic mass is 127. The van der Waals surface area contributed by atoms with E-state index in [4.69, 9.17) is 9.15 Å². The van der Waals surface area contributed by atoms with E-state index in [2.05, 4.69) is 39.7 Å². The first kappa shape index (κ1) is 22.7. The maximum Gasteiger partial charge on any atom is 0.226 e. The Balaban J connectivity index is 0.00000300. The van der Waals surface area contributed by atoms with Crippen LogP contribution in [0.15, 0.2) is 64.2 Å². The van der Waals surface area contributed by atoms with Crippen LogP contribution < -0.4 is 15.4 Å². The molecule has 3 aromatic rings. The van der Waals surface area contributed by atoms with Crippen molar-refractivity contribution in [3.63, 3.8) is 0 Å². The van der Waals surface area contributed by atoms with Crippen molar-refractivity contribution in [3.8, 4) is 17.2 Å². The van der Waals surface area contributed by atoms with Gasteiger partial charge in [0.1, 0.15) is 12.0 Å². The van der Waals surface area contributed by atoms with Gasteiger partial charge in [0.15, 0.2) is 5.96 Å². The average Bonchev–Trinajstić information content (AvgIpc) is 3.20. The fourth-order valence-corrected chi connectivity index (χ4v) is 2.75. The number of halogens is 1. The summed E-state index contributed by atoms with van der Waals surface area (Å²) >= 11 is 0. The molecule has 0 unspecified atom stereocenters. The van der Waals surface area contributed by atoms with Crippen molar-refractivity contribution >= 4 is 29.9 Å². The van der Waals surface area contributed by atoms with Gasteiger partial charge in [-0.2, -0.15) is 0 Å². The van der Waals surface area contributed by atoms with Crippen LogP contribution in [0.1, 0.15) is 16.8 Å². The molecular weight excluding hydrogens is 479 g/mol. The number of aromatic nitrogens is 1. The maximum absolute atomic E-state index is 5.60. The number of rotatable bonds is 7. The van der Waals surface area contributed by atoms with Gasteiger partial charge < -0.3 is 19.8 Å². The van der Waals surface area contributed by atoms with Crippen LogP contribution in [-0.4, -0.2) is 31.6 Å². The Hall–Kier alpha value is -2.55. The Morgan fingerprint density at radius 3 is 2.66 bits per heavy atom. The molecule has 0 spiro atoms. The zero-order valence-corrected chi connectivity index (χ0v) is 19.3. The summed E-state index contributed by atoms with van der Waals surface area (Å²) in [6, 6.07) is 16.1. The molecule has 29 heavy (non-hydrogen) atoms. The molecule has 2 N–H and O–H groups in total. The number of benzene rings is 2. The number of aliphatic imine (C=N–C) groups is 1. The summed E-state index contributed by atoms with van der Waals surface area (Å²) in [5.74, 6) is 2.23. The molecular formula is C22H27IN4O2. The number of nitrogens with zero attached hydrogens (tertiary/aromatic N) is 2. The summed E-state index contributed by atoms with van der Waals surface area (Å²) < 4.78 is 10.9. The molecule has 0 aliphatic rings. The van der Waals surface area contributed by atoms with E-state index in [-0.39, 0.29) is 24.0 Å². The quantitative estimate of drug-likeness (QED) is 0.286. The SMILES string of the molecule is CN=C(NCCc1coc(-c2ccc(C)cc2)n1)NCc1cccc(OC)c1.I. The van der Waals surface area contributed by atoms with Crippen molar-refractivity contribution in [2.24, 2.45) is 4.99 Å². The van der Waals surface area contributed by atoms with Gasteiger partial charge in [0.25, 0.3) is 0 Å². The first-order chi connectivity index (χ1) is 13.7. The summed E-state index contributed by atoms with van der Waals surface area (Å²) in [6.07, 6.45) is 2.46. The van der Waals surface area contributed by atoms with Gasteiger partial charge in [-0.15, -0.1) is 24.0 Å². The lowest BCUT2D eigenvalue weighted by Crippen LogP contribution is -2.37. The fraction of sp³-hybridized carbons (Fsp3) is 0.273. The van der Waals surface area contributed by atoms with Gasteiger partial charge in [-0.05, 0) is 36.8 Å². The molecule has 0 fully saturated rings. The van der Waals surface area contributed by atoms with E-state index in [1.54, 1.807) is 20.4 Å². The molecule has 0 saturated heterocycles. The van der Waals surface area contributed by atoms with Crippen molar-refractivity contribution in [2.45, 2.75) is 19.9 Å². The molecule has 3 rings (SSSR count). The van der Waals surface area contributed by atoms with E-state index in [1.165, 1.54) is 5.56 Å². The normalized spacial score (nSPS) is 10.9. The third kappa shape index (κ3) is 6.77. The lowest BCUT2D eigenvalue weighted by atomic mass is 10.1. The number of guanidine groups is 1. The summed E-state index contributed by atoms with van der Waals surface area (Å²) in [5, 5.41) is 6.60. The number of aryl methyl sites for hydroxylation is 1. The predicted octanol–water partition coefficient (Wildman–Crippen LogP) is 4.18. The minimum Gasteiger partial charge on any atom is -0.497 e. The Labute approximate surface area is 188 Å². The molecule has 1 aromatic heterocycles. The largest absolute Gasteiger partial charge is 0.497 e. The van der Waals surface area contributed by atoms with Gasteiger partial charge in [-0.1, -0.05) is 29.8 Å². The van der Waals surface area contributed by atoms with Crippen molar-refractivity contribution in [3.05, 3.63) is 71.6 Å². The van der Waals surface area contributed by atoms with Crippen LogP contribution in [0.2, 0.25) is 0 Å². The highest BCUT2D eigenvalue weighted by Crippen LogP contribution is 2.19. The van der Waals surface area contributed by atoms with Crippen LogP contribution in [-0.2, 0) is 13.0 Å². The zero-order chi connectivity index (χ0) is 19.8. The average molecular weight is 506 g/mol. The minimum absolute atomic E-state index is 0. The van der Waals surface area contributed by atoms with Crippen LogP contribution in [0.25, 0.3) is 11.5 Å². The van der Waals surface area contributed by atoms with E-state index in [9.17, 15) is 0 Å². The topological polar surface area (TPSA) is 71.7 Å². The third-order valence-corrected chi connectivity index (χ3v) is 4.34. The number of hydrogen-bond acceptors (Lipinski definition) is 4. The second-order valence-electron chi connectivity index (χ2n) is 6.46. The second-order valence-corrected chi connectivity index (χ2v) is 6.46. The minimum atomic E-state index is 0. The third-order valence-electron chi connectivity index (χ3n) is 4.34. The summed E-state index contributed by atoms with van der Waals surface area (Å²) in [7, 11) is 3.42. The molecule has 0 amide bonds. The highest BCUT2D eigenvalue weighted by Gasteiger charge is 2.07. The summed E-state index contributed by atoms with van der Waals surface area (Å²) in [5.41, 5.74) is 4.24. The van der Waals surface area contributed by atoms with Gasteiger partial charge in [0, 0.05) is 32.1 Å². The monoisotopic (exact) mass is 506 g/mol. The molecule has 0 atom stereocenters. The molecule has 7 heteroatoms. The Kier molecular flexibility index (Phi) is 8.98. The van der Waals surface area contributed by atoms with E-state index >= 15 is 0 Å². The van der Waals surface area contributed by atoms with Gasteiger partial charge in [0.05, 0.1) is 12.8 Å². The van der Waals surface area contributed by atoms with Gasteiger partial charge in [0.2, 0.25) is 5.89 Å². The van der Waals surface area contributed by atoms with Gasteiger partial charge >= 0.3 is 0 Å². The molecule has 0 radical (unpaired) electrons. The Morgan fingerprint density at radius 1 is 1.14 bits per heavy atom. The lowest BCUT2D eigenvalue weighted by molar-refractivity contribution is 0.414. The molecule has 1 heterocycles. The lowest BCUT2D eigenvalue weighted by Gasteiger charge is -2.12. The molecule has 2 aromatic carbocycles. The summed E-state index contributed by atoms with van der Waals surface area (Å²) in [6.45, 7) is 3.43. The molecule has 0 aliphatic carbocycles. The number of nitrogens with one attached hydrogen (secondary N) is 2. The first-order valence-corrected chi connectivity index (χ1v) is 9.27. The molecule has 6 nitrogen and oxygen atoms in total. The number of oxazole rings is 1. The maximum atomic E-state index is 5.60. The van der Waals surface area contributed by atoms with Gasteiger partial charge in [-0.25, -0.2) is 4.98 Å². The highest BCUT2D eigenvalue weighted by molar-refractivity contribution is 14.0. The number of hydrogen-bond donors (Lipinski definition) is 2. The van der Waals surface area contributed by atoms with E-state index in [0.29, 0.717) is 19.0 Å². The fourth-order valence-electron chi connectivity index (χ4n) is 2.75. The van der Waals surface area contributed by atoms with Crippen molar-refractivity contribution < 1.29 is 9.15 Å². The van der Waals surface area contributed by atoms with E-state index in [1.807, 2.05) is 36.4 Å². The van der Waals surface area contributed by atoms with E-state index in [0.717, 1.165) is 35.0 Å². The second kappa shape index (κ2) is 11.5. The first-order valence-electron chi connectivity index (χ1n) is 9.27.